The lowest BCUT2D eigenvalue weighted by atomic mass is 10.1. The van der Waals surface area contributed by atoms with E-state index in [9.17, 15) is 59.1 Å². The lowest BCUT2D eigenvalue weighted by molar-refractivity contribution is -0.0629. The minimum absolute atomic E-state index is 0.0296. The van der Waals surface area contributed by atoms with Crippen LogP contribution in [0.2, 0.25) is 0 Å². The molecule has 0 bridgehead atoms. The standard InChI is InChI=1S/3C24H31FN6O4S/c3*1-3-8-36-24-27-22(26-16-10-14(16)13-5-4-12(2)15(25)9-13)19-23(28-24)31(30-29-19)17-11-18(35-7-6-32)21(34)20(17)33/h3*4-5,9,14,16-18,20-21,32-34H,3,6-8,10-11H2,1-2H3,(H,26,27,28)/t3*14-,16+,17+,18-,20-,21+/m000/s1/i3D2,6D2,7D2,8D2,11D2,14D,16D,17D,18D,20D,21D;3D2,7D2,8D2,11D2,14D,16D,17D,18D,20D,21D;10D2,11D2,14D,16D,17D,18D,20D,21D. The van der Waals surface area contributed by atoms with Gasteiger partial charge in [-0.15, -0.1) is 15.3 Å². The molecule has 0 unspecified atom stereocenters. The number of rotatable bonds is 30. The Morgan fingerprint density at radius 1 is 0.491 bits per heavy atom. The molecule has 0 spiro atoms. The second kappa shape index (κ2) is 35.1. The van der Waals surface area contributed by atoms with Gasteiger partial charge in [-0.25, -0.2) is 57.1 Å². The Balaban J connectivity index is 0.000000186. The molecule has 12 N–H and O–H groups in total. The van der Waals surface area contributed by atoms with Gasteiger partial charge in [-0.2, -0.15) is 0 Å². The van der Waals surface area contributed by atoms with Crippen LogP contribution in [0.4, 0.5) is 30.6 Å². The van der Waals surface area contributed by atoms with Crippen molar-refractivity contribution in [2.45, 2.75) is 223 Å². The van der Waals surface area contributed by atoms with E-state index in [1.165, 1.54) is 57.2 Å². The van der Waals surface area contributed by atoms with Gasteiger partial charge in [0.25, 0.3) is 0 Å². The largest absolute Gasteiger partial charge is 0.394 e. The van der Waals surface area contributed by atoms with E-state index >= 15 is 0 Å². The molecule has 0 saturated heterocycles. The molecule has 6 aliphatic carbocycles. The van der Waals surface area contributed by atoms with E-state index in [1.54, 1.807) is 0 Å². The smallest absolute Gasteiger partial charge is 0.191 e. The molecule has 3 aromatic carbocycles. The maximum Gasteiger partial charge on any atom is 0.191 e. The third-order valence-corrected chi connectivity index (χ3v) is 18.2. The summed E-state index contributed by atoms with van der Waals surface area (Å²) in [6.07, 6.45) is -56.6. The van der Waals surface area contributed by atoms with Crippen molar-refractivity contribution in [3.8, 4) is 0 Å². The molecule has 9 aromatic rings. The van der Waals surface area contributed by atoms with E-state index in [2.05, 4.69) is 86.3 Å². The van der Waals surface area contributed by atoms with E-state index in [4.69, 9.17) is 59.6 Å². The first-order chi connectivity index (χ1) is 66.6. The van der Waals surface area contributed by atoms with E-state index < -0.39 is 276 Å². The van der Waals surface area contributed by atoms with E-state index in [0.29, 0.717) is 12.2 Å². The monoisotopic (exact) mass is 1590 g/mol. The molecule has 6 saturated carbocycles. The second-order valence-corrected chi connectivity index (χ2v) is 25.7. The molecule has 15 rings (SSSR count). The van der Waals surface area contributed by atoms with Gasteiger partial charge in [0.1, 0.15) is 53.9 Å². The average Bonchev–Trinajstić information content (AvgIpc) is 1.44. The van der Waals surface area contributed by atoms with Crippen molar-refractivity contribution >= 4 is 86.2 Å². The first-order valence-corrected chi connectivity index (χ1v) is 34.6. The fourth-order valence-electron chi connectivity index (χ4n) is 10.2. The van der Waals surface area contributed by atoms with Crippen molar-refractivity contribution in [1.29, 1.82) is 0 Å². The zero-order valence-electron chi connectivity index (χ0n) is 97.0. The third kappa shape index (κ3) is 17.5. The maximum absolute atomic E-state index is 14.5. The molecule has 0 radical (unpaired) electrons. The van der Waals surface area contributed by atoms with Gasteiger partial charge in [-0.3, -0.25) is 0 Å². The Hall–Kier alpha value is -7.14. The number of nitrogens with zero attached hydrogens (tertiary/aromatic N) is 15. The SMILES string of the molecule is [2H]C([2H])(C)C([2H])([2H])Sc1nc(N[C@]2([2H])C[C@@]2([2H])c2ccc(C)c(F)c2)c2nnn([C@]3([2H])C([2H])([2H])[C@]([2H])(OC([2H])([2H])C([2H])([2H])O)[C@@]([2H])(O)[C@@]3([2H])O)c2n1.[2H]C([2H])(CO)O[C@@]1([2H])C([2H])([2H])[C@@]([2H])(n2nnc3c(N[C@]4([2H])C[C@@]4([2H])c4ccc(C)c(F)c4)nc(SC([2H])([2H])C([2H])([2H])C)nc32)[C@]([2H])(O)[C@]1([2H])O.[2H]C1([2H])[C@@]([2H])(Nc2nc(SCCC)nc3c2nnn3[C@]2([2H])C([2H])([2H])[C@]([2H])(OCCO)[C@@]([2H])(O)[C@@]2([2H])O)[C@]1([2H])c1ccc(C)c(F)c1. The normalized spacial score (nSPS) is 48.1. The molecule has 36 heteroatoms. The van der Waals surface area contributed by atoms with E-state index in [1.807, 2.05) is 6.92 Å². The quantitative estimate of drug-likeness (QED) is 0.0168. The highest BCUT2D eigenvalue weighted by atomic mass is 32.2. The summed E-state index contributed by atoms with van der Waals surface area (Å²) in [6.45, 7) is -6.61. The van der Waals surface area contributed by atoms with Crippen LogP contribution < -0.4 is 16.0 Å². The number of hydrogen-bond donors (Lipinski definition) is 12. The number of anilines is 3. The molecule has 6 aliphatic rings. The molecule has 582 valence electrons. The fraction of sp³-hybridized carbons (Fsp3) is 0.583. The number of aryl methyl sites for hydroxylation is 3. The van der Waals surface area contributed by atoms with Crippen LogP contribution in [0.15, 0.2) is 70.1 Å². The predicted octanol–water partition coefficient (Wildman–Crippen LogP) is 6.55. The van der Waals surface area contributed by atoms with Crippen molar-refractivity contribution in [2.75, 3.05) is 72.6 Å². The van der Waals surface area contributed by atoms with Gasteiger partial charge in [0.05, 0.1) is 105 Å². The Morgan fingerprint density at radius 3 is 1.24 bits per heavy atom. The van der Waals surface area contributed by atoms with Gasteiger partial charge >= 0.3 is 0 Å². The highest BCUT2D eigenvalue weighted by Crippen LogP contribution is 2.48. The van der Waals surface area contributed by atoms with E-state index in [0.717, 1.165) is 43.8 Å². The summed E-state index contributed by atoms with van der Waals surface area (Å²) >= 11 is 1.14. The first kappa shape index (κ1) is 43.0. The summed E-state index contributed by atoms with van der Waals surface area (Å²) in [4.78, 5) is 24.7. The Bertz CT molecular complexity index is 6760. The number of thioether (sulfide) groups is 3. The summed E-state index contributed by atoms with van der Waals surface area (Å²) in [5.74, 6) is -9.18. The van der Waals surface area contributed by atoms with Gasteiger partial charge < -0.3 is 76.1 Å². The van der Waals surface area contributed by atoms with Gasteiger partial charge in [-0.1, -0.05) is 108 Å². The van der Waals surface area contributed by atoms with Crippen LogP contribution in [0.3, 0.4) is 0 Å². The number of fused-ring (bicyclic) bond motifs is 3. The summed E-state index contributed by atoms with van der Waals surface area (Å²) in [5, 5.41) is 123. The molecule has 6 aromatic heterocycles. The molecular formula is C72H93F3N18O12S3. The van der Waals surface area contributed by atoms with Crippen LogP contribution in [-0.2, 0) is 14.2 Å². The minimum atomic E-state index is -4.42. The second-order valence-electron chi connectivity index (χ2n) is 23.0. The number of benzene rings is 3. The number of ether oxygens (including phenoxy) is 3. The molecule has 18 atom stereocenters. The van der Waals surface area contributed by atoms with Gasteiger partial charge in [-0.05, 0) is 111 Å². The third-order valence-electron chi connectivity index (χ3n) is 15.8. The number of halogens is 3. The maximum atomic E-state index is 14.5. The minimum Gasteiger partial charge on any atom is -0.394 e. The summed E-state index contributed by atoms with van der Waals surface area (Å²) in [5.41, 5.74) is -8.88. The molecule has 30 nitrogen and oxygen atoms in total. The average molecular weight is 1600 g/mol. The zero-order chi connectivity index (χ0) is 113. The van der Waals surface area contributed by atoms with Crippen LogP contribution in [0.1, 0.15) is 202 Å². The van der Waals surface area contributed by atoms with Crippen molar-refractivity contribution in [3.05, 3.63) is 105 Å². The molecule has 6 fully saturated rings. The van der Waals surface area contributed by atoms with Crippen LogP contribution in [-0.4, -0.2) is 250 Å². The summed E-state index contributed by atoms with van der Waals surface area (Å²) in [7, 11) is 0. The molecule has 0 aliphatic heterocycles. The van der Waals surface area contributed by atoms with Gasteiger partial charge in [0.2, 0.25) is 0 Å². The van der Waals surface area contributed by atoms with Gasteiger partial charge in [0, 0.05) is 98.1 Å². The van der Waals surface area contributed by atoms with Crippen molar-refractivity contribution in [2.24, 2.45) is 0 Å². The fourth-order valence-corrected chi connectivity index (χ4v) is 11.8. The topological polar surface area (TPSA) is 415 Å². The van der Waals surface area contributed by atoms with E-state index in [-0.39, 0.29) is 88.9 Å². The lowest BCUT2D eigenvalue weighted by Gasteiger charge is -2.17. The van der Waals surface area contributed by atoms with Crippen LogP contribution in [0.5, 0.6) is 0 Å². The summed E-state index contributed by atoms with van der Waals surface area (Å²) in [6, 6.07) is -6.71. The lowest BCUT2D eigenvalue weighted by Crippen LogP contribution is -2.33. The Labute approximate surface area is 689 Å². The number of aromatic nitrogens is 15. The molecule has 6 heterocycles. The first-order valence-electron chi connectivity index (χ1n) is 52.0. The molecular weight excluding hydrogens is 1460 g/mol. The number of hydrogen-bond acceptors (Lipinski definition) is 30. The molecule has 0 amide bonds. The number of nitrogens with one attached hydrogen (secondary N) is 3. The number of aliphatic hydroxyl groups excluding tert-OH is 2. The van der Waals surface area contributed by atoms with Crippen molar-refractivity contribution < 1.29 is 128 Å². The highest BCUT2D eigenvalue weighted by molar-refractivity contribution is 7.99. The van der Waals surface area contributed by atoms with Crippen LogP contribution >= 0.6 is 35.3 Å². The van der Waals surface area contributed by atoms with Crippen molar-refractivity contribution in [3.63, 3.8) is 0 Å². The number of aliphatic hydroxyl groups is 9. The zero-order valence-corrected chi connectivity index (χ0v) is 59.4. The van der Waals surface area contributed by atoms with Gasteiger partial charge in [0.15, 0.2) is 66.4 Å². The summed E-state index contributed by atoms with van der Waals surface area (Å²) < 4.78 is 394. The van der Waals surface area contributed by atoms with Crippen molar-refractivity contribution in [1.82, 2.24) is 74.9 Å². The Kier molecular flexibility index (Phi) is 14.0. The van der Waals surface area contributed by atoms with Crippen LogP contribution in [0, 0.1) is 38.2 Å². The van der Waals surface area contributed by atoms with Crippen LogP contribution in [0.25, 0.3) is 33.5 Å². The predicted molar refractivity (Wildman–Crippen MR) is 398 cm³/mol. The Morgan fingerprint density at radius 2 is 0.870 bits per heavy atom. The highest BCUT2D eigenvalue weighted by Gasteiger charge is 2.49. The molecule has 108 heavy (non-hydrogen) atoms.